The quantitative estimate of drug-likeness (QED) is 0.488. The highest BCUT2D eigenvalue weighted by atomic mass is 35.5. The van der Waals surface area contributed by atoms with Gasteiger partial charge in [-0.25, -0.2) is 17.4 Å². The molecule has 1 aromatic carbocycles. The molecule has 0 aliphatic heterocycles. The van der Waals surface area contributed by atoms with Crippen molar-refractivity contribution in [3.8, 4) is 6.07 Å². The molecule has 34 heavy (non-hydrogen) atoms. The summed E-state index contributed by atoms with van der Waals surface area (Å²) in [5.74, 6) is -0.214. The van der Waals surface area contributed by atoms with Gasteiger partial charge in [-0.05, 0) is 43.5 Å². The molecule has 10 heteroatoms. The van der Waals surface area contributed by atoms with Crippen molar-refractivity contribution in [2.24, 2.45) is 0 Å². The fourth-order valence-electron chi connectivity index (χ4n) is 4.24. The molecule has 4 rings (SSSR count). The van der Waals surface area contributed by atoms with E-state index >= 15 is 0 Å². The lowest BCUT2D eigenvalue weighted by Crippen LogP contribution is -2.46. The van der Waals surface area contributed by atoms with Gasteiger partial charge < -0.3 is 10.6 Å². The number of aromatic nitrogens is 2. The molecule has 1 saturated carbocycles. The highest BCUT2D eigenvalue weighted by molar-refractivity contribution is 7.90. The van der Waals surface area contributed by atoms with Crippen LogP contribution in [0.4, 0.5) is 0 Å². The number of pyridine rings is 1. The molecule has 2 heterocycles. The minimum atomic E-state index is -3.85. The van der Waals surface area contributed by atoms with Crippen molar-refractivity contribution in [1.82, 2.24) is 19.6 Å². The molecule has 0 spiro atoms. The van der Waals surface area contributed by atoms with Crippen LogP contribution in [0.5, 0.6) is 0 Å². The maximum absolute atomic E-state index is 13.2. The molecule has 2 N–H and O–H groups in total. The molecule has 0 radical (unpaired) electrons. The first-order chi connectivity index (χ1) is 16.3. The zero-order valence-corrected chi connectivity index (χ0v) is 20.4. The Balaban J connectivity index is 1.60. The summed E-state index contributed by atoms with van der Waals surface area (Å²) >= 11 is 6.41. The first kappa shape index (κ1) is 24.2. The number of halogens is 1. The van der Waals surface area contributed by atoms with Gasteiger partial charge in [0.15, 0.2) is 5.65 Å². The van der Waals surface area contributed by atoms with Gasteiger partial charge in [0.05, 0.1) is 22.4 Å². The van der Waals surface area contributed by atoms with Crippen LogP contribution >= 0.6 is 11.6 Å². The van der Waals surface area contributed by atoms with E-state index in [0.29, 0.717) is 16.0 Å². The van der Waals surface area contributed by atoms with Gasteiger partial charge in [0, 0.05) is 30.4 Å². The number of hydrogen-bond acceptors (Lipinski definition) is 6. The molecule has 1 aliphatic carbocycles. The Kier molecular flexibility index (Phi) is 7.22. The van der Waals surface area contributed by atoms with Crippen LogP contribution in [-0.4, -0.2) is 35.4 Å². The van der Waals surface area contributed by atoms with Crippen LogP contribution in [0.15, 0.2) is 47.6 Å². The Morgan fingerprint density at radius 3 is 2.65 bits per heavy atom. The van der Waals surface area contributed by atoms with Crippen LogP contribution in [0.1, 0.15) is 43.2 Å². The predicted molar refractivity (Wildman–Crippen MR) is 130 cm³/mol. The highest BCUT2D eigenvalue weighted by Gasteiger charge is 2.25. The van der Waals surface area contributed by atoms with E-state index in [-0.39, 0.29) is 35.5 Å². The maximum atomic E-state index is 13.2. The third-order valence-electron chi connectivity index (χ3n) is 6.16. The van der Waals surface area contributed by atoms with Crippen LogP contribution < -0.4 is 10.6 Å². The van der Waals surface area contributed by atoms with E-state index in [0.717, 1.165) is 35.2 Å². The molecule has 8 nitrogen and oxygen atoms in total. The lowest BCUT2D eigenvalue weighted by Gasteiger charge is -2.19. The Labute approximate surface area is 204 Å². The van der Waals surface area contributed by atoms with Crippen LogP contribution in [-0.2, 0) is 21.4 Å². The van der Waals surface area contributed by atoms with E-state index in [1.54, 1.807) is 30.3 Å². The summed E-state index contributed by atoms with van der Waals surface area (Å²) in [6, 6.07) is 9.74. The van der Waals surface area contributed by atoms with Crippen LogP contribution in [0, 0.1) is 18.3 Å². The number of benzene rings is 1. The van der Waals surface area contributed by atoms with E-state index in [2.05, 4.69) is 21.7 Å². The van der Waals surface area contributed by atoms with Crippen molar-refractivity contribution < 1.29 is 13.2 Å². The summed E-state index contributed by atoms with van der Waals surface area (Å²) in [4.78, 5) is 17.1. The third-order valence-corrected chi connectivity index (χ3v) is 8.16. The molecule has 0 bridgehead atoms. The van der Waals surface area contributed by atoms with E-state index < -0.39 is 16.1 Å². The van der Waals surface area contributed by atoms with Crippen LogP contribution in [0.25, 0.3) is 11.0 Å². The minimum Gasteiger partial charge on any atom is -0.352 e. The monoisotopic (exact) mass is 499 g/mol. The summed E-state index contributed by atoms with van der Waals surface area (Å²) < 4.78 is 27.5. The largest absolute Gasteiger partial charge is 0.352 e. The zero-order valence-electron chi connectivity index (χ0n) is 18.8. The zero-order chi connectivity index (χ0) is 24.3. The molecule has 1 aliphatic rings. The van der Waals surface area contributed by atoms with Gasteiger partial charge in [-0.2, -0.15) is 5.26 Å². The molecule has 1 fully saturated rings. The summed E-state index contributed by atoms with van der Waals surface area (Å²) in [5.41, 5.74) is 1.81. The number of hydrogen-bond donors (Lipinski definition) is 2. The normalized spacial score (nSPS) is 15.3. The van der Waals surface area contributed by atoms with Crippen LogP contribution in [0.3, 0.4) is 0 Å². The summed E-state index contributed by atoms with van der Waals surface area (Å²) in [7, 11) is -3.85. The molecular formula is C24H26ClN5O3S. The number of amides is 1. The van der Waals surface area contributed by atoms with Gasteiger partial charge in [-0.1, -0.05) is 42.1 Å². The first-order valence-corrected chi connectivity index (χ1v) is 13.0. The molecule has 0 saturated heterocycles. The third kappa shape index (κ3) is 4.94. The van der Waals surface area contributed by atoms with Gasteiger partial charge in [0.2, 0.25) is 5.91 Å². The molecule has 2 aromatic heterocycles. The fourth-order valence-corrected chi connectivity index (χ4v) is 5.75. The van der Waals surface area contributed by atoms with Crippen molar-refractivity contribution in [2.45, 2.75) is 62.6 Å². The Hall–Kier alpha value is -2.93. The second-order valence-corrected chi connectivity index (χ2v) is 10.8. The smallest absolute Gasteiger partial charge is 0.269 e. The van der Waals surface area contributed by atoms with Gasteiger partial charge in [0.1, 0.15) is 6.04 Å². The summed E-state index contributed by atoms with van der Waals surface area (Å²) in [6.07, 6.45) is 6.94. The highest BCUT2D eigenvalue weighted by Crippen LogP contribution is 2.28. The van der Waals surface area contributed by atoms with Gasteiger partial charge in [-0.3, -0.25) is 4.79 Å². The molecule has 1 atom stereocenters. The molecule has 0 unspecified atom stereocenters. The number of rotatable bonds is 8. The number of nitrogens with one attached hydrogen (secondary N) is 2. The summed E-state index contributed by atoms with van der Waals surface area (Å²) in [5, 5.41) is 16.3. The van der Waals surface area contributed by atoms with Gasteiger partial charge in [-0.15, -0.1) is 0 Å². The molecule has 178 valence electrons. The number of aryl methyl sites for hydroxylation is 1. The van der Waals surface area contributed by atoms with E-state index in [4.69, 9.17) is 11.6 Å². The van der Waals surface area contributed by atoms with E-state index in [9.17, 15) is 18.5 Å². The SMILES string of the molecule is Cc1ccc(S(=O)(=O)n2ccc3c(CN[C@H](CC#N)C(=O)NC4CCCC4)c(Cl)cnc32)cc1. The number of carbonyl (C=O) groups excluding carboxylic acids is 1. The van der Waals surface area contributed by atoms with Crippen molar-refractivity contribution >= 4 is 38.6 Å². The number of nitriles is 1. The van der Waals surface area contributed by atoms with E-state index in [1.165, 1.54) is 12.4 Å². The first-order valence-electron chi connectivity index (χ1n) is 11.2. The number of nitrogens with zero attached hydrogens (tertiary/aromatic N) is 3. The second kappa shape index (κ2) is 10.1. The van der Waals surface area contributed by atoms with Crippen molar-refractivity contribution in [1.29, 1.82) is 5.26 Å². The van der Waals surface area contributed by atoms with Crippen molar-refractivity contribution in [2.75, 3.05) is 0 Å². The lowest BCUT2D eigenvalue weighted by molar-refractivity contribution is -0.123. The Morgan fingerprint density at radius 1 is 1.26 bits per heavy atom. The Morgan fingerprint density at radius 2 is 1.97 bits per heavy atom. The number of carbonyl (C=O) groups is 1. The summed E-state index contributed by atoms with van der Waals surface area (Å²) in [6.45, 7) is 2.06. The second-order valence-electron chi connectivity index (χ2n) is 8.54. The molecular weight excluding hydrogens is 474 g/mol. The molecule has 1 amide bonds. The average Bonchev–Trinajstić information content (AvgIpc) is 3.48. The minimum absolute atomic E-state index is 0.00716. The lowest BCUT2D eigenvalue weighted by atomic mass is 10.1. The number of fused-ring (bicyclic) bond motifs is 1. The maximum Gasteiger partial charge on any atom is 0.269 e. The predicted octanol–water partition coefficient (Wildman–Crippen LogP) is 3.67. The van der Waals surface area contributed by atoms with Crippen molar-refractivity contribution in [3.63, 3.8) is 0 Å². The van der Waals surface area contributed by atoms with Crippen LogP contribution in [0.2, 0.25) is 5.02 Å². The van der Waals surface area contributed by atoms with Gasteiger partial charge in [0.25, 0.3) is 10.0 Å². The fraction of sp³-hybridized carbons (Fsp3) is 0.375. The average molecular weight is 500 g/mol. The van der Waals surface area contributed by atoms with Gasteiger partial charge >= 0.3 is 0 Å². The van der Waals surface area contributed by atoms with Crippen molar-refractivity contribution in [3.05, 3.63) is 58.9 Å². The Bertz CT molecular complexity index is 1340. The standard InChI is InChI=1S/C24H26ClN5O3S/c1-16-6-8-18(9-7-16)34(32,33)30-13-11-19-20(21(25)15-28-23(19)30)14-27-22(10-12-26)24(31)29-17-4-2-3-5-17/h6-9,11,13,15,17,22,27H,2-5,10,14H2,1H3,(H,29,31)/t22-/m1/s1. The molecule has 3 aromatic rings. The van der Waals surface area contributed by atoms with E-state index in [1.807, 2.05) is 6.92 Å². The topological polar surface area (TPSA) is 117 Å².